The molecule has 1 aromatic rings. The van der Waals surface area contributed by atoms with Gasteiger partial charge in [-0.2, -0.15) is 0 Å². The molecule has 0 saturated carbocycles. The van der Waals surface area contributed by atoms with Gasteiger partial charge < -0.3 is 15.4 Å². The third-order valence-electron chi connectivity index (χ3n) is 4.18. The molecule has 1 saturated heterocycles. The van der Waals surface area contributed by atoms with Crippen LogP contribution in [0.25, 0.3) is 0 Å². The fourth-order valence-electron chi connectivity index (χ4n) is 2.83. The van der Waals surface area contributed by atoms with E-state index in [4.69, 9.17) is 10.5 Å². The van der Waals surface area contributed by atoms with Crippen molar-refractivity contribution in [3.63, 3.8) is 0 Å². The van der Waals surface area contributed by atoms with Gasteiger partial charge in [-0.3, -0.25) is 0 Å². The number of ether oxygens (including phenoxy) is 1. The first kappa shape index (κ1) is 14.2. The first-order valence-electron chi connectivity index (χ1n) is 7.38. The number of benzene rings is 1. The van der Waals surface area contributed by atoms with Gasteiger partial charge in [0, 0.05) is 19.1 Å². The van der Waals surface area contributed by atoms with Crippen LogP contribution >= 0.6 is 0 Å². The van der Waals surface area contributed by atoms with Gasteiger partial charge in [0.15, 0.2) is 0 Å². The summed E-state index contributed by atoms with van der Waals surface area (Å²) in [7, 11) is 1.74. The lowest BCUT2D eigenvalue weighted by atomic mass is 9.98. The number of nitrogens with two attached hydrogens (primary N) is 1. The first-order chi connectivity index (χ1) is 9.24. The number of nitrogens with zero attached hydrogens (tertiary/aromatic N) is 1. The Labute approximate surface area is 116 Å². The van der Waals surface area contributed by atoms with Crippen LogP contribution in [0.2, 0.25) is 0 Å². The molecule has 2 atom stereocenters. The van der Waals surface area contributed by atoms with Gasteiger partial charge in [-0.15, -0.1) is 0 Å². The summed E-state index contributed by atoms with van der Waals surface area (Å²) >= 11 is 0. The quantitative estimate of drug-likeness (QED) is 0.856. The van der Waals surface area contributed by atoms with E-state index in [1.165, 1.54) is 18.5 Å². The molecule has 19 heavy (non-hydrogen) atoms. The fraction of sp³-hybridized carbons (Fsp3) is 0.625. The number of anilines is 1. The summed E-state index contributed by atoms with van der Waals surface area (Å²) in [5.41, 5.74) is 7.24. The lowest BCUT2D eigenvalue weighted by Crippen LogP contribution is -2.22. The zero-order valence-electron chi connectivity index (χ0n) is 12.1. The molecule has 3 heteroatoms. The highest BCUT2D eigenvalue weighted by atomic mass is 16.5. The Bertz CT molecular complexity index is 394. The summed E-state index contributed by atoms with van der Waals surface area (Å²) in [4.78, 5) is 2.45. The number of para-hydroxylation sites is 2. The normalized spacial score (nSPS) is 20.6. The molecule has 0 aliphatic carbocycles. The van der Waals surface area contributed by atoms with Gasteiger partial charge in [-0.25, -0.2) is 0 Å². The molecule has 0 amide bonds. The number of hydrogen-bond donors (Lipinski definition) is 1. The molecule has 3 nitrogen and oxygen atoms in total. The predicted molar refractivity (Wildman–Crippen MR) is 80.8 cm³/mol. The molecule has 1 aliphatic heterocycles. The van der Waals surface area contributed by atoms with Crippen molar-refractivity contribution in [3.05, 3.63) is 24.3 Å². The van der Waals surface area contributed by atoms with Gasteiger partial charge in [0.1, 0.15) is 5.75 Å². The van der Waals surface area contributed by atoms with E-state index >= 15 is 0 Å². The number of rotatable bonds is 6. The topological polar surface area (TPSA) is 38.5 Å². The summed E-state index contributed by atoms with van der Waals surface area (Å²) in [6.07, 6.45) is 4.76. The third kappa shape index (κ3) is 3.63. The first-order valence-corrected chi connectivity index (χ1v) is 7.38. The molecular weight excluding hydrogens is 236 g/mol. The van der Waals surface area contributed by atoms with Gasteiger partial charge in [-0.05, 0) is 43.7 Å². The molecule has 0 radical (unpaired) electrons. The van der Waals surface area contributed by atoms with E-state index in [0.717, 1.165) is 37.6 Å². The molecule has 0 aromatic heterocycles. The summed E-state index contributed by atoms with van der Waals surface area (Å²) in [6, 6.07) is 8.67. The summed E-state index contributed by atoms with van der Waals surface area (Å²) in [6.45, 7) is 4.43. The van der Waals surface area contributed by atoms with Crippen molar-refractivity contribution in [2.75, 3.05) is 25.1 Å². The van der Waals surface area contributed by atoms with Crippen molar-refractivity contribution in [1.29, 1.82) is 0 Å². The summed E-state index contributed by atoms with van der Waals surface area (Å²) in [5, 5.41) is 0. The molecule has 1 fully saturated rings. The molecule has 106 valence electrons. The van der Waals surface area contributed by atoms with E-state index < -0.39 is 0 Å². The van der Waals surface area contributed by atoms with Crippen LogP contribution in [0.15, 0.2) is 24.3 Å². The number of methoxy groups -OCH3 is 1. The molecule has 1 aliphatic rings. The van der Waals surface area contributed by atoms with Crippen LogP contribution in [0.1, 0.15) is 32.6 Å². The lowest BCUT2D eigenvalue weighted by molar-refractivity contribution is 0.414. The molecular formula is C16H26N2O. The van der Waals surface area contributed by atoms with E-state index in [-0.39, 0.29) is 0 Å². The Kier molecular flexibility index (Phi) is 5.08. The molecule has 0 spiro atoms. The zero-order valence-corrected chi connectivity index (χ0v) is 12.1. The monoisotopic (exact) mass is 262 g/mol. The summed E-state index contributed by atoms with van der Waals surface area (Å²) in [5.74, 6) is 1.76. The molecule has 2 rings (SSSR count). The predicted octanol–water partition coefficient (Wildman–Crippen LogP) is 3.04. The van der Waals surface area contributed by atoms with Crippen molar-refractivity contribution >= 4 is 5.69 Å². The average Bonchev–Trinajstić information content (AvgIpc) is 2.93. The highest BCUT2D eigenvalue weighted by Crippen LogP contribution is 2.33. The van der Waals surface area contributed by atoms with E-state index in [0.29, 0.717) is 6.04 Å². The highest BCUT2D eigenvalue weighted by molar-refractivity contribution is 5.58. The Morgan fingerprint density at radius 2 is 2.21 bits per heavy atom. The Morgan fingerprint density at radius 1 is 1.42 bits per heavy atom. The largest absolute Gasteiger partial charge is 0.495 e. The second kappa shape index (κ2) is 6.80. The van der Waals surface area contributed by atoms with Crippen molar-refractivity contribution in [1.82, 2.24) is 0 Å². The van der Waals surface area contributed by atoms with Crippen LogP contribution in [-0.4, -0.2) is 26.2 Å². The van der Waals surface area contributed by atoms with E-state index in [1.54, 1.807) is 7.11 Å². The Balaban J connectivity index is 1.91. The SMILES string of the molecule is CCC(N)CCC1CCN(c2ccccc2OC)C1. The van der Waals surface area contributed by atoms with Crippen molar-refractivity contribution in [2.45, 2.75) is 38.6 Å². The van der Waals surface area contributed by atoms with Crippen molar-refractivity contribution < 1.29 is 4.74 Å². The molecule has 1 heterocycles. The van der Waals surface area contributed by atoms with Crippen LogP contribution in [-0.2, 0) is 0 Å². The molecule has 1 aromatic carbocycles. The molecule has 2 unspecified atom stereocenters. The molecule has 0 bridgehead atoms. The lowest BCUT2D eigenvalue weighted by Gasteiger charge is -2.21. The van der Waals surface area contributed by atoms with Gasteiger partial charge in [0.2, 0.25) is 0 Å². The number of hydrogen-bond acceptors (Lipinski definition) is 3. The van der Waals surface area contributed by atoms with Crippen LogP contribution in [0.5, 0.6) is 5.75 Å². The van der Waals surface area contributed by atoms with Crippen molar-refractivity contribution in [3.8, 4) is 5.75 Å². The van der Waals surface area contributed by atoms with Gasteiger partial charge in [-0.1, -0.05) is 19.1 Å². The Hall–Kier alpha value is -1.22. The fourth-order valence-corrected chi connectivity index (χ4v) is 2.83. The van der Waals surface area contributed by atoms with Crippen LogP contribution in [0.4, 0.5) is 5.69 Å². The van der Waals surface area contributed by atoms with Gasteiger partial charge in [0.25, 0.3) is 0 Å². The second-order valence-electron chi connectivity index (χ2n) is 5.52. The van der Waals surface area contributed by atoms with E-state index in [9.17, 15) is 0 Å². The maximum absolute atomic E-state index is 6.01. The smallest absolute Gasteiger partial charge is 0.142 e. The maximum Gasteiger partial charge on any atom is 0.142 e. The minimum atomic E-state index is 0.375. The second-order valence-corrected chi connectivity index (χ2v) is 5.52. The summed E-state index contributed by atoms with van der Waals surface area (Å²) < 4.78 is 5.45. The minimum absolute atomic E-state index is 0.375. The molecule has 2 N–H and O–H groups in total. The van der Waals surface area contributed by atoms with Crippen LogP contribution in [0, 0.1) is 5.92 Å². The highest BCUT2D eigenvalue weighted by Gasteiger charge is 2.24. The van der Waals surface area contributed by atoms with E-state index in [1.807, 2.05) is 12.1 Å². The zero-order chi connectivity index (χ0) is 13.7. The van der Waals surface area contributed by atoms with Gasteiger partial charge in [0.05, 0.1) is 12.8 Å². The van der Waals surface area contributed by atoms with Crippen LogP contribution < -0.4 is 15.4 Å². The maximum atomic E-state index is 6.01. The van der Waals surface area contributed by atoms with Gasteiger partial charge >= 0.3 is 0 Å². The standard InChI is InChI=1S/C16H26N2O/c1-3-14(17)9-8-13-10-11-18(12-13)15-6-4-5-7-16(15)19-2/h4-7,13-14H,3,8-12,17H2,1-2H3. The van der Waals surface area contributed by atoms with Crippen molar-refractivity contribution in [2.24, 2.45) is 11.7 Å². The Morgan fingerprint density at radius 3 is 2.95 bits per heavy atom. The van der Waals surface area contributed by atoms with Crippen LogP contribution in [0.3, 0.4) is 0 Å². The minimum Gasteiger partial charge on any atom is -0.495 e. The average molecular weight is 262 g/mol. The van der Waals surface area contributed by atoms with E-state index in [2.05, 4.69) is 24.0 Å². The third-order valence-corrected chi connectivity index (χ3v) is 4.18.